The Balaban J connectivity index is 2.76. The molecule has 0 saturated carbocycles. The van der Waals surface area contributed by atoms with Gasteiger partial charge >= 0.3 is 0 Å². The van der Waals surface area contributed by atoms with Crippen molar-refractivity contribution in [3.05, 3.63) is 11.2 Å². The van der Waals surface area contributed by atoms with E-state index >= 15 is 0 Å². The van der Waals surface area contributed by atoms with Gasteiger partial charge in [0.2, 0.25) is 0 Å². The van der Waals surface area contributed by atoms with Crippen LogP contribution in [-0.4, -0.2) is 13.4 Å². The van der Waals surface area contributed by atoms with Crippen molar-refractivity contribution in [3.63, 3.8) is 0 Å². The first-order chi connectivity index (χ1) is 5.33. The summed E-state index contributed by atoms with van der Waals surface area (Å²) in [7, 11) is 0. The highest BCUT2D eigenvalue weighted by molar-refractivity contribution is 7.04. The highest BCUT2D eigenvalue weighted by Gasteiger charge is 2.08. The molecule has 0 aliphatic heterocycles. The van der Waals surface area contributed by atoms with E-state index < -0.39 is 0 Å². The summed E-state index contributed by atoms with van der Waals surface area (Å²) in [4.78, 5) is 4.14. The van der Waals surface area contributed by atoms with E-state index in [-0.39, 0.29) is 0 Å². The molecule has 58 valence electrons. The summed E-state index contributed by atoms with van der Waals surface area (Å²) in [6.45, 7) is 0.338. The van der Waals surface area contributed by atoms with E-state index in [0.29, 0.717) is 18.0 Å². The maximum atomic E-state index is 5.82. The van der Waals surface area contributed by atoms with Crippen LogP contribution in [0.1, 0.15) is 5.82 Å². The minimum atomic E-state index is 0.338. The third-order valence-corrected chi connectivity index (χ3v) is 2.34. The summed E-state index contributed by atoms with van der Waals surface area (Å²) in [5.41, 5.74) is 6.88. The maximum Gasteiger partial charge on any atom is 0.188 e. The predicted molar refractivity (Wildman–Crippen MR) is 44.5 cm³/mol. The SMILES string of the molecule is NCc1nc2csnc2n1Cl. The highest BCUT2D eigenvalue weighted by Crippen LogP contribution is 2.17. The third-order valence-electron chi connectivity index (χ3n) is 1.38. The number of nitrogens with two attached hydrogens (primary N) is 1. The van der Waals surface area contributed by atoms with Gasteiger partial charge in [0.1, 0.15) is 11.3 Å². The fourth-order valence-corrected chi connectivity index (χ4v) is 1.73. The number of hydrogen-bond acceptors (Lipinski definition) is 4. The Hall–Kier alpha value is -0.650. The number of aromatic nitrogens is 3. The van der Waals surface area contributed by atoms with Crippen molar-refractivity contribution < 1.29 is 0 Å². The van der Waals surface area contributed by atoms with Gasteiger partial charge in [-0.15, -0.1) is 0 Å². The molecule has 0 spiro atoms. The lowest BCUT2D eigenvalue weighted by Crippen LogP contribution is -2.01. The molecule has 2 heterocycles. The van der Waals surface area contributed by atoms with Gasteiger partial charge in [-0.1, -0.05) is 0 Å². The number of imidazole rings is 1. The van der Waals surface area contributed by atoms with E-state index in [1.54, 1.807) is 0 Å². The van der Waals surface area contributed by atoms with Gasteiger partial charge in [0.05, 0.1) is 6.54 Å². The van der Waals surface area contributed by atoms with Crippen molar-refractivity contribution >= 4 is 34.5 Å². The van der Waals surface area contributed by atoms with Gasteiger partial charge in [0.15, 0.2) is 5.65 Å². The number of hydrogen-bond donors (Lipinski definition) is 1. The van der Waals surface area contributed by atoms with Crippen LogP contribution in [0.5, 0.6) is 0 Å². The van der Waals surface area contributed by atoms with Crippen molar-refractivity contribution in [2.24, 2.45) is 5.73 Å². The van der Waals surface area contributed by atoms with E-state index in [1.807, 2.05) is 5.38 Å². The number of fused-ring (bicyclic) bond motifs is 1. The lowest BCUT2D eigenvalue weighted by Gasteiger charge is -1.90. The molecular formula is C5H5ClN4S. The average Bonchev–Trinajstić information content (AvgIpc) is 2.53. The largest absolute Gasteiger partial charge is 0.324 e. The Morgan fingerprint density at radius 1 is 1.73 bits per heavy atom. The number of halogens is 1. The first kappa shape index (κ1) is 7.02. The van der Waals surface area contributed by atoms with Gasteiger partial charge in [-0.05, 0) is 11.5 Å². The van der Waals surface area contributed by atoms with Gasteiger partial charge in [0.25, 0.3) is 0 Å². The standard InChI is InChI=1S/C5H5ClN4S/c6-10-4(1-7)8-3-2-11-9-5(3)10/h2H,1,7H2. The molecule has 2 N–H and O–H groups in total. The van der Waals surface area contributed by atoms with Crippen LogP contribution in [0.15, 0.2) is 5.38 Å². The summed E-state index contributed by atoms with van der Waals surface area (Å²) in [5, 5.41) is 1.84. The molecule has 2 aromatic heterocycles. The Morgan fingerprint density at radius 2 is 2.55 bits per heavy atom. The zero-order chi connectivity index (χ0) is 7.84. The molecule has 6 heteroatoms. The van der Waals surface area contributed by atoms with Crippen LogP contribution in [0.3, 0.4) is 0 Å². The maximum absolute atomic E-state index is 5.82. The van der Waals surface area contributed by atoms with Gasteiger partial charge in [-0.2, -0.15) is 4.37 Å². The predicted octanol–water partition coefficient (Wildman–Crippen LogP) is 0.953. The lowest BCUT2D eigenvalue weighted by atomic mass is 10.6. The van der Waals surface area contributed by atoms with E-state index in [4.69, 9.17) is 17.5 Å². The quantitative estimate of drug-likeness (QED) is 0.725. The first-order valence-corrected chi connectivity index (χ1v) is 4.18. The molecule has 4 nitrogen and oxygen atoms in total. The average molecular weight is 189 g/mol. The molecule has 0 aliphatic carbocycles. The summed E-state index contributed by atoms with van der Waals surface area (Å²) in [5.74, 6) is 0.650. The van der Waals surface area contributed by atoms with Crippen LogP contribution >= 0.6 is 23.3 Å². The van der Waals surface area contributed by atoms with Crippen LogP contribution < -0.4 is 5.73 Å². The minimum Gasteiger partial charge on any atom is -0.324 e. The molecule has 0 aromatic carbocycles. The normalized spacial score (nSPS) is 11.1. The Morgan fingerprint density at radius 3 is 3.18 bits per heavy atom. The van der Waals surface area contributed by atoms with Crippen molar-refractivity contribution in [1.29, 1.82) is 0 Å². The second kappa shape index (κ2) is 2.44. The number of rotatable bonds is 1. The highest BCUT2D eigenvalue weighted by atomic mass is 35.5. The monoisotopic (exact) mass is 188 g/mol. The molecule has 0 unspecified atom stereocenters. The van der Waals surface area contributed by atoms with Crippen molar-refractivity contribution in [3.8, 4) is 0 Å². The van der Waals surface area contributed by atoms with Crippen LogP contribution in [0, 0.1) is 0 Å². The molecule has 0 radical (unpaired) electrons. The smallest absolute Gasteiger partial charge is 0.188 e. The molecule has 2 rings (SSSR count). The van der Waals surface area contributed by atoms with E-state index in [1.165, 1.54) is 15.6 Å². The van der Waals surface area contributed by atoms with Crippen LogP contribution in [0.2, 0.25) is 0 Å². The molecule has 0 amide bonds. The van der Waals surface area contributed by atoms with Gasteiger partial charge < -0.3 is 5.73 Å². The summed E-state index contributed by atoms with van der Waals surface area (Å²) < 4.78 is 5.44. The zero-order valence-electron chi connectivity index (χ0n) is 5.49. The van der Waals surface area contributed by atoms with Crippen LogP contribution in [0.4, 0.5) is 0 Å². The van der Waals surface area contributed by atoms with Gasteiger partial charge in [-0.3, -0.25) is 0 Å². The minimum absolute atomic E-state index is 0.338. The van der Waals surface area contributed by atoms with E-state index in [2.05, 4.69) is 9.36 Å². The number of nitrogens with zero attached hydrogens (tertiary/aromatic N) is 3. The summed E-state index contributed by atoms with van der Waals surface area (Å²) in [6, 6.07) is 0. The third kappa shape index (κ3) is 0.926. The van der Waals surface area contributed by atoms with E-state index in [9.17, 15) is 0 Å². The van der Waals surface area contributed by atoms with Crippen molar-refractivity contribution in [1.82, 2.24) is 13.4 Å². The molecule has 0 saturated heterocycles. The van der Waals surface area contributed by atoms with Gasteiger partial charge in [-0.25, -0.2) is 9.07 Å². The molecule has 2 aromatic rings. The summed E-state index contributed by atoms with van der Waals surface area (Å²) >= 11 is 7.15. The Bertz CT molecular complexity index is 379. The topological polar surface area (TPSA) is 56.7 Å². The Labute approximate surface area is 71.9 Å². The fraction of sp³-hybridized carbons (Fsp3) is 0.200. The van der Waals surface area contributed by atoms with Gasteiger partial charge in [0, 0.05) is 17.2 Å². The molecule has 0 fully saturated rings. The summed E-state index contributed by atoms with van der Waals surface area (Å²) in [6.07, 6.45) is 0. The molecule has 11 heavy (non-hydrogen) atoms. The zero-order valence-corrected chi connectivity index (χ0v) is 7.06. The van der Waals surface area contributed by atoms with Crippen LogP contribution in [-0.2, 0) is 6.54 Å². The van der Waals surface area contributed by atoms with E-state index in [0.717, 1.165) is 5.52 Å². The van der Waals surface area contributed by atoms with Crippen LogP contribution in [0.25, 0.3) is 11.2 Å². The second-order valence-corrected chi connectivity index (χ2v) is 3.00. The molecule has 0 bridgehead atoms. The van der Waals surface area contributed by atoms with Crippen molar-refractivity contribution in [2.75, 3.05) is 0 Å². The lowest BCUT2D eigenvalue weighted by molar-refractivity contribution is 0.926. The molecule has 0 atom stereocenters. The van der Waals surface area contributed by atoms with Crippen molar-refractivity contribution in [2.45, 2.75) is 6.54 Å². The first-order valence-electron chi connectivity index (χ1n) is 3.01. The Kier molecular flexibility index (Phi) is 1.56. The molecule has 0 aliphatic rings. The molecular weight excluding hydrogens is 184 g/mol. The fourth-order valence-electron chi connectivity index (χ4n) is 0.869. The second-order valence-electron chi connectivity index (χ2n) is 2.04.